The highest BCUT2D eigenvalue weighted by Crippen LogP contribution is 2.22. The molecular formula is C14H21F2NO2S. The van der Waals surface area contributed by atoms with E-state index in [2.05, 4.69) is 5.32 Å². The van der Waals surface area contributed by atoms with Crippen LogP contribution in [0.5, 0.6) is 0 Å². The minimum Gasteiger partial charge on any atom is -0.310 e. The monoisotopic (exact) mass is 305 g/mol. The number of benzene rings is 1. The maximum Gasteiger partial charge on any atom is 0.150 e. The van der Waals surface area contributed by atoms with E-state index in [0.717, 1.165) is 6.07 Å². The van der Waals surface area contributed by atoms with Gasteiger partial charge in [0.15, 0.2) is 0 Å². The van der Waals surface area contributed by atoms with Crippen molar-refractivity contribution in [2.24, 2.45) is 0 Å². The summed E-state index contributed by atoms with van der Waals surface area (Å²) in [6.07, 6.45) is 0.945. The molecule has 1 aromatic carbocycles. The van der Waals surface area contributed by atoms with Gasteiger partial charge in [0.05, 0.1) is 5.75 Å². The third-order valence-electron chi connectivity index (χ3n) is 3.18. The second-order valence-corrected chi connectivity index (χ2v) is 7.13. The molecule has 0 bridgehead atoms. The molecule has 0 aliphatic carbocycles. The molecule has 0 aliphatic heterocycles. The van der Waals surface area contributed by atoms with Crippen LogP contribution in [0.1, 0.15) is 38.3 Å². The van der Waals surface area contributed by atoms with Crippen LogP contribution in [0.15, 0.2) is 18.2 Å². The van der Waals surface area contributed by atoms with Crippen molar-refractivity contribution in [3.8, 4) is 0 Å². The van der Waals surface area contributed by atoms with Crippen molar-refractivity contribution in [2.75, 3.05) is 18.1 Å². The van der Waals surface area contributed by atoms with Crippen molar-refractivity contribution in [1.82, 2.24) is 5.32 Å². The summed E-state index contributed by atoms with van der Waals surface area (Å²) >= 11 is 0. The molecule has 0 aliphatic rings. The second kappa shape index (κ2) is 7.69. The van der Waals surface area contributed by atoms with Crippen LogP contribution < -0.4 is 5.32 Å². The van der Waals surface area contributed by atoms with E-state index in [-0.39, 0.29) is 17.5 Å². The molecule has 1 atom stereocenters. The number of sulfone groups is 1. The lowest BCUT2D eigenvalue weighted by molar-refractivity contribution is 0.475. The van der Waals surface area contributed by atoms with Gasteiger partial charge in [0.25, 0.3) is 0 Å². The molecule has 0 aromatic heterocycles. The molecule has 0 saturated carbocycles. The average molecular weight is 305 g/mol. The van der Waals surface area contributed by atoms with E-state index in [1.807, 2.05) is 6.92 Å². The number of rotatable bonds is 8. The van der Waals surface area contributed by atoms with Gasteiger partial charge in [0.1, 0.15) is 21.5 Å². The minimum absolute atomic E-state index is 0.0915. The maximum atomic E-state index is 13.8. The number of nitrogens with one attached hydrogen (secondary N) is 1. The predicted octanol–water partition coefficient (Wildman–Crippen LogP) is 2.83. The lowest BCUT2D eigenvalue weighted by Crippen LogP contribution is -2.23. The zero-order valence-electron chi connectivity index (χ0n) is 11.8. The summed E-state index contributed by atoms with van der Waals surface area (Å²) in [6, 6.07) is 3.17. The van der Waals surface area contributed by atoms with Crippen LogP contribution in [0.4, 0.5) is 8.78 Å². The van der Waals surface area contributed by atoms with E-state index in [4.69, 9.17) is 0 Å². The molecule has 6 heteroatoms. The molecule has 0 radical (unpaired) electrons. The summed E-state index contributed by atoms with van der Waals surface area (Å²) in [5.74, 6) is -1.01. The van der Waals surface area contributed by atoms with E-state index < -0.39 is 21.5 Å². The van der Waals surface area contributed by atoms with Crippen molar-refractivity contribution in [1.29, 1.82) is 0 Å². The smallest absolute Gasteiger partial charge is 0.150 e. The first-order valence-corrected chi connectivity index (χ1v) is 8.60. The SMILES string of the molecule is CCNC(CCCS(=O)(=O)CC)c1ccc(F)cc1F. The van der Waals surface area contributed by atoms with E-state index in [1.54, 1.807) is 6.92 Å². The molecule has 0 spiro atoms. The maximum absolute atomic E-state index is 13.8. The summed E-state index contributed by atoms with van der Waals surface area (Å²) in [5.41, 5.74) is 0.377. The fourth-order valence-electron chi connectivity index (χ4n) is 2.05. The fourth-order valence-corrected chi connectivity index (χ4v) is 2.94. The summed E-state index contributed by atoms with van der Waals surface area (Å²) < 4.78 is 49.5. The van der Waals surface area contributed by atoms with Gasteiger partial charge in [-0.2, -0.15) is 0 Å². The van der Waals surface area contributed by atoms with Crippen LogP contribution in [0.3, 0.4) is 0 Å². The van der Waals surface area contributed by atoms with Gasteiger partial charge in [-0.25, -0.2) is 17.2 Å². The Hall–Kier alpha value is -1.01. The van der Waals surface area contributed by atoms with Crippen LogP contribution >= 0.6 is 0 Å². The zero-order chi connectivity index (χ0) is 15.2. The van der Waals surface area contributed by atoms with E-state index >= 15 is 0 Å². The normalized spacial score (nSPS) is 13.4. The lowest BCUT2D eigenvalue weighted by atomic mass is 10.0. The highest BCUT2D eigenvalue weighted by atomic mass is 32.2. The van der Waals surface area contributed by atoms with Crippen LogP contribution in [0.25, 0.3) is 0 Å². The second-order valence-electron chi connectivity index (χ2n) is 4.65. The van der Waals surface area contributed by atoms with Gasteiger partial charge in [0, 0.05) is 23.4 Å². The van der Waals surface area contributed by atoms with Crippen molar-refractivity contribution < 1.29 is 17.2 Å². The first-order valence-electron chi connectivity index (χ1n) is 6.78. The zero-order valence-corrected chi connectivity index (χ0v) is 12.6. The van der Waals surface area contributed by atoms with E-state index in [9.17, 15) is 17.2 Å². The minimum atomic E-state index is -3.01. The third-order valence-corrected chi connectivity index (χ3v) is 4.97. The highest BCUT2D eigenvalue weighted by Gasteiger charge is 2.16. The summed E-state index contributed by atoms with van der Waals surface area (Å²) in [7, 11) is -3.01. The van der Waals surface area contributed by atoms with E-state index in [0.29, 0.717) is 24.9 Å². The molecule has 1 unspecified atom stereocenters. The summed E-state index contributed by atoms with van der Waals surface area (Å²) in [4.78, 5) is 0. The number of halogens is 2. The third kappa shape index (κ3) is 5.17. The van der Waals surface area contributed by atoms with Crippen molar-refractivity contribution in [3.05, 3.63) is 35.4 Å². The Morgan fingerprint density at radius 3 is 2.50 bits per heavy atom. The topological polar surface area (TPSA) is 46.2 Å². The Kier molecular flexibility index (Phi) is 6.55. The van der Waals surface area contributed by atoms with Crippen LogP contribution in [-0.4, -0.2) is 26.5 Å². The van der Waals surface area contributed by atoms with Crippen LogP contribution in [0.2, 0.25) is 0 Å². The Balaban J connectivity index is 2.74. The van der Waals surface area contributed by atoms with Crippen LogP contribution in [0, 0.1) is 11.6 Å². The molecule has 0 saturated heterocycles. The molecule has 0 amide bonds. The standard InChI is InChI=1S/C14H21F2NO2S/c1-3-17-14(6-5-9-20(18,19)4-2)12-8-7-11(15)10-13(12)16/h7-8,10,14,17H,3-6,9H2,1-2H3. The molecule has 114 valence electrons. The van der Waals surface area contributed by atoms with Gasteiger partial charge < -0.3 is 5.32 Å². The quantitative estimate of drug-likeness (QED) is 0.803. The Bertz CT molecular complexity index is 532. The first-order chi connectivity index (χ1) is 9.39. The first kappa shape index (κ1) is 17.0. The Morgan fingerprint density at radius 1 is 1.25 bits per heavy atom. The predicted molar refractivity (Wildman–Crippen MR) is 76.3 cm³/mol. The highest BCUT2D eigenvalue weighted by molar-refractivity contribution is 7.91. The molecule has 0 heterocycles. The Labute approximate surface area is 119 Å². The van der Waals surface area contributed by atoms with Crippen molar-refractivity contribution >= 4 is 9.84 Å². The molecule has 1 aromatic rings. The fraction of sp³-hybridized carbons (Fsp3) is 0.571. The van der Waals surface area contributed by atoms with Gasteiger partial charge in [-0.15, -0.1) is 0 Å². The average Bonchev–Trinajstić information content (AvgIpc) is 2.38. The Morgan fingerprint density at radius 2 is 1.95 bits per heavy atom. The molecule has 1 rings (SSSR count). The van der Waals surface area contributed by atoms with Gasteiger partial charge in [-0.3, -0.25) is 0 Å². The van der Waals surface area contributed by atoms with Gasteiger partial charge in [0.2, 0.25) is 0 Å². The lowest BCUT2D eigenvalue weighted by Gasteiger charge is -2.19. The molecule has 20 heavy (non-hydrogen) atoms. The molecule has 1 N–H and O–H groups in total. The van der Waals surface area contributed by atoms with Gasteiger partial charge >= 0.3 is 0 Å². The van der Waals surface area contributed by atoms with Crippen LogP contribution in [-0.2, 0) is 9.84 Å². The molecular weight excluding hydrogens is 284 g/mol. The molecule has 0 fully saturated rings. The number of hydrogen-bond donors (Lipinski definition) is 1. The summed E-state index contributed by atoms with van der Waals surface area (Å²) in [5, 5.41) is 3.11. The van der Waals surface area contributed by atoms with Crippen molar-refractivity contribution in [2.45, 2.75) is 32.7 Å². The van der Waals surface area contributed by atoms with Crippen molar-refractivity contribution in [3.63, 3.8) is 0 Å². The summed E-state index contributed by atoms with van der Waals surface area (Å²) in [6.45, 7) is 4.12. The van der Waals surface area contributed by atoms with E-state index in [1.165, 1.54) is 12.1 Å². The van der Waals surface area contributed by atoms with Gasteiger partial charge in [-0.1, -0.05) is 19.9 Å². The molecule has 3 nitrogen and oxygen atoms in total. The van der Waals surface area contributed by atoms with Gasteiger partial charge in [-0.05, 0) is 25.5 Å². The number of hydrogen-bond acceptors (Lipinski definition) is 3. The largest absolute Gasteiger partial charge is 0.310 e.